The molecule has 0 saturated carbocycles. The molecular formula is C13H10F3NOS. The summed E-state index contributed by atoms with van der Waals surface area (Å²) in [6.45, 7) is 0.201. The maximum atomic E-state index is 12.4. The van der Waals surface area contributed by atoms with Crippen LogP contribution in [-0.4, -0.2) is 5.91 Å². The van der Waals surface area contributed by atoms with Gasteiger partial charge in [0.15, 0.2) is 0 Å². The van der Waals surface area contributed by atoms with Crippen LogP contribution in [0.3, 0.4) is 0 Å². The van der Waals surface area contributed by atoms with Crippen LogP contribution in [0.5, 0.6) is 0 Å². The molecule has 2 aromatic rings. The van der Waals surface area contributed by atoms with Gasteiger partial charge in [-0.05, 0) is 29.1 Å². The molecule has 0 atom stereocenters. The highest BCUT2D eigenvalue weighted by Crippen LogP contribution is 2.29. The van der Waals surface area contributed by atoms with Crippen LogP contribution in [0.1, 0.15) is 21.5 Å². The van der Waals surface area contributed by atoms with Gasteiger partial charge in [-0.3, -0.25) is 4.79 Å². The van der Waals surface area contributed by atoms with E-state index in [9.17, 15) is 18.0 Å². The Kier molecular flexibility index (Phi) is 3.90. The molecule has 2 rings (SSSR count). The zero-order valence-corrected chi connectivity index (χ0v) is 10.5. The van der Waals surface area contributed by atoms with Gasteiger partial charge in [-0.15, -0.1) is 0 Å². The second kappa shape index (κ2) is 5.44. The number of alkyl halides is 3. The summed E-state index contributed by atoms with van der Waals surface area (Å²) < 4.78 is 37.1. The van der Waals surface area contributed by atoms with Gasteiger partial charge >= 0.3 is 6.18 Å². The van der Waals surface area contributed by atoms with Gasteiger partial charge in [-0.2, -0.15) is 24.5 Å². The highest BCUT2D eigenvalue weighted by atomic mass is 32.1. The first-order valence-electron chi connectivity index (χ1n) is 5.43. The average molecular weight is 285 g/mol. The first-order chi connectivity index (χ1) is 8.97. The third kappa shape index (κ3) is 3.57. The molecule has 6 heteroatoms. The summed E-state index contributed by atoms with van der Waals surface area (Å²) in [5.74, 6) is -0.235. The SMILES string of the molecule is O=C(NCc1ccc(C(F)(F)F)cc1)c1ccsc1. The molecule has 0 unspecified atom stereocenters. The Labute approximate surface area is 111 Å². The smallest absolute Gasteiger partial charge is 0.348 e. The molecule has 19 heavy (non-hydrogen) atoms. The fraction of sp³-hybridized carbons (Fsp3) is 0.154. The number of hydrogen-bond acceptors (Lipinski definition) is 2. The summed E-state index contributed by atoms with van der Waals surface area (Å²) in [7, 11) is 0. The van der Waals surface area contributed by atoms with Gasteiger partial charge in [-0.1, -0.05) is 12.1 Å². The molecule has 0 aliphatic heterocycles. The van der Waals surface area contributed by atoms with Crippen molar-refractivity contribution in [3.63, 3.8) is 0 Å². The van der Waals surface area contributed by atoms with Gasteiger partial charge in [0.25, 0.3) is 5.91 Å². The van der Waals surface area contributed by atoms with Gasteiger partial charge in [0.05, 0.1) is 5.56 Å². The van der Waals surface area contributed by atoms with Crippen molar-refractivity contribution in [3.05, 3.63) is 57.8 Å². The van der Waals surface area contributed by atoms with Crippen molar-refractivity contribution >= 4 is 17.2 Å². The summed E-state index contributed by atoms with van der Waals surface area (Å²) in [4.78, 5) is 11.6. The fourth-order valence-corrected chi connectivity index (χ4v) is 2.13. The number of thiophene rings is 1. The number of carbonyl (C=O) groups excluding carboxylic acids is 1. The maximum Gasteiger partial charge on any atom is 0.416 e. The summed E-state index contributed by atoms with van der Waals surface area (Å²) in [6, 6.07) is 6.42. The minimum atomic E-state index is -4.33. The van der Waals surface area contributed by atoms with E-state index in [0.717, 1.165) is 12.1 Å². The summed E-state index contributed by atoms with van der Waals surface area (Å²) in [6.07, 6.45) is -4.33. The number of halogens is 3. The average Bonchev–Trinajstić information content (AvgIpc) is 2.89. The molecule has 1 heterocycles. The van der Waals surface area contributed by atoms with Crippen molar-refractivity contribution in [3.8, 4) is 0 Å². The van der Waals surface area contributed by atoms with E-state index in [1.807, 2.05) is 0 Å². The van der Waals surface area contributed by atoms with E-state index < -0.39 is 11.7 Å². The quantitative estimate of drug-likeness (QED) is 0.915. The van der Waals surface area contributed by atoms with Gasteiger partial charge in [0.2, 0.25) is 0 Å². The van der Waals surface area contributed by atoms with Crippen molar-refractivity contribution in [2.75, 3.05) is 0 Å². The third-order valence-corrected chi connectivity index (χ3v) is 3.20. The minimum Gasteiger partial charge on any atom is -0.348 e. The lowest BCUT2D eigenvalue weighted by Gasteiger charge is -2.08. The first-order valence-corrected chi connectivity index (χ1v) is 6.37. The topological polar surface area (TPSA) is 29.1 Å². The van der Waals surface area contributed by atoms with Gasteiger partial charge in [0.1, 0.15) is 0 Å². The Bertz CT molecular complexity index is 546. The number of hydrogen-bond donors (Lipinski definition) is 1. The maximum absolute atomic E-state index is 12.4. The number of rotatable bonds is 3. The normalized spacial score (nSPS) is 11.3. The van der Waals surface area contributed by atoms with Crippen molar-refractivity contribution in [2.24, 2.45) is 0 Å². The van der Waals surface area contributed by atoms with Crippen LogP contribution < -0.4 is 5.32 Å². The molecule has 1 N–H and O–H groups in total. The molecule has 0 spiro atoms. The van der Waals surface area contributed by atoms with Crippen molar-refractivity contribution < 1.29 is 18.0 Å². The van der Waals surface area contributed by atoms with E-state index in [2.05, 4.69) is 5.32 Å². The van der Waals surface area contributed by atoms with E-state index in [0.29, 0.717) is 11.1 Å². The number of amides is 1. The molecule has 0 saturated heterocycles. The molecular weight excluding hydrogens is 275 g/mol. The molecule has 1 aromatic carbocycles. The number of carbonyl (C=O) groups is 1. The minimum absolute atomic E-state index is 0.201. The number of benzene rings is 1. The Balaban J connectivity index is 1.95. The van der Waals surface area contributed by atoms with Crippen LogP contribution in [-0.2, 0) is 12.7 Å². The van der Waals surface area contributed by atoms with Crippen LogP contribution in [0.4, 0.5) is 13.2 Å². The molecule has 0 aliphatic carbocycles. The fourth-order valence-electron chi connectivity index (χ4n) is 1.49. The highest BCUT2D eigenvalue weighted by molar-refractivity contribution is 7.08. The summed E-state index contributed by atoms with van der Waals surface area (Å²) >= 11 is 1.41. The number of nitrogens with one attached hydrogen (secondary N) is 1. The third-order valence-electron chi connectivity index (χ3n) is 2.52. The van der Waals surface area contributed by atoms with Gasteiger partial charge < -0.3 is 5.32 Å². The van der Waals surface area contributed by atoms with Crippen LogP contribution in [0, 0.1) is 0 Å². The van der Waals surface area contributed by atoms with E-state index in [1.54, 1.807) is 16.8 Å². The van der Waals surface area contributed by atoms with Crippen LogP contribution >= 0.6 is 11.3 Å². The lowest BCUT2D eigenvalue weighted by molar-refractivity contribution is -0.137. The van der Waals surface area contributed by atoms with E-state index in [1.165, 1.54) is 23.5 Å². The lowest BCUT2D eigenvalue weighted by Crippen LogP contribution is -2.22. The Morgan fingerprint density at radius 2 is 1.84 bits per heavy atom. The molecule has 1 aromatic heterocycles. The van der Waals surface area contributed by atoms with E-state index in [4.69, 9.17) is 0 Å². The van der Waals surface area contributed by atoms with E-state index in [-0.39, 0.29) is 12.5 Å². The lowest BCUT2D eigenvalue weighted by atomic mass is 10.1. The zero-order chi connectivity index (χ0) is 13.9. The summed E-state index contributed by atoms with van der Waals surface area (Å²) in [5.41, 5.74) is 0.480. The van der Waals surface area contributed by atoms with Gasteiger partial charge in [0, 0.05) is 17.5 Å². The Morgan fingerprint density at radius 1 is 1.16 bits per heavy atom. The monoisotopic (exact) mass is 285 g/mol. The predicted octanol–water partition coefficient (Wildman–Crippen LogP) is 3.70. The standard InChI is InChI=1S/C13H10F3NOS/c14-13(15,16)11-3-1-9(2-4-11)7-17-12(18)10-5-6-19-8-10/h1-6,8H,7H2,(H,17,18). The van der Waals surface area contributed by atoms with Crippen molar-refractivity contribution in [1.29, 1.82) is 0 Å². The van der Waals surface area contributed by atoms with Gasteiger partial charge in [-0.25, -0.2) is 0 Å². The van der Waals surface area contributed by atoms with Crippen LogP contribution in [0.2, 0.25) is 0 Å². The summed E-state index contributed by atoms with van der Waals surface area (Å²) in [5, 5.41) is 6.14. The van der Waals surface area contributed by atoms with E-state index >= 15 is 0 Å². The van der Waals surface area contributed by atoms with Crippen LogP contribution in [0.15, 0.2) is 41.1 Å². The molecule has 1 amide bonds. The second-order valence-electron chi connectivity index (χ2n) is 3.89. The van der Waals surface area contributed by atoms with Crippen LogP contribution in [0.25, 0.3) is 0 Å². The Morgan fingerprint density at radius 3 is 2.37 bits per heavy atom. The molecule has 0 fully saturated rings. The zero-order valence-electron chi connectivity index (χ0n) is 9.70. The molecule has 2 nitrogen and oxygen atoms in total. The second-order valence-corrected chi connectivity index (χ2v) is 4.67. The van der Waals surface area contributed by atoms with Crippen molar-refractivity contribution in [1.82, 2.24) is 5.32 Å². The first kappa shape index (κ1) is 13.6. The largest absolute Gasteiger partial charge is 0.416 e. The molecule has 100 valence electrons. The predicted molar refractivity (Wildman–Crippen MR) is 66.9 cm³/mol. The highest BCUT2D eigenvalue weighted by Gasteiger charge is 2.29. The Hall–Kier alpha value is -1.82. The molecule has 0 aliphatic rings. The van der Waals surface area contributed by atoms with Crippen molar-refractivity contribution in [2.45, 2.75) is 12.7 Å². The molecule has 0 radical (unpaired) electrons. The molecule has 0 bridgehead atoms.